The molecular weight excluding hydrogens is 174 g/mol. The lowest BCUT2D eigenvalue weighted by Crippen LogP contribution is -2.20. The highest BCUT2D eigenvalue weighted by Crippen LogP contribution is 2.23. The number of nitrogens with zero attached hydrogens (tertiary/aromatic N) is 1. The van der Waals surface area contributed by atoms with Crippen molar-refractivity contribution in [2.24, 2.45) is 0 Å². The van der Waals surface area contributed by atoms with E-state index in [2.05, 4.69) is 0 Å². The molecule has 1 aliphatic heterocycles. The molecule has 3 heteroatoms. The van der Waals surface area contributed by atoms with Gasteiger partial charge in [-0.25, -0.2) is 0 Å². The van der Waals surface area contributed by atoms with Gasteiger partial charge in [0.15, 0.2) is 0 Å². The third-order valence-corrected chi connectivity index (χ3v) is 1.79. The third-order valence-electron chi connectivity index (χ3n) is 1.79. The van der Waals surface area contributed by atoms with E-state index in [4.69, 9.17) is 0 Å². The summed E-state index contributed by atoms with van der Waals surface area (Å²) in [5.41, 5.74) is 1.95. The lowest BCUT2D eigenvalue weighted by atomic mass is 10.1. The summed E-state index contributed by atoms with van der Waals surface area (Å²) in [5, 5.41) is 10.6. The van der Waals surface area contributed by atoms with E-state index in [0.717, 1.165) is 11.3 Å². The van der Waals surface area contributed by atoms with Crippen LogP contribution < -0.4 is 5.06 Å². The summed E-state index contributed by atoms with van der Waals surface area (Å²) in [5.74, 6) is 0. The van der Waals surface area contributed by atoms with Crippen LogP contribution in [0.4, 0.5) is 5.69 Å². The standard InChI is InChI=1S/C9H9NO.ClH/c11-10-7-3-5-8-4-1-2-6-9(8)10;/h1-6,11H,7H2;1H. The monoisotopic (exact) mass is 183 g/mol. The summed E-state index contributed by atoms with van der Waals surface area (Å²) >= 11 is 0. The van der Waals surface area contributed by atoms with E-state index in [0.29, 0.717) is 6.54 Å². The maximum Gasteiger partial charge on any atom is 0.0710 e. The second-order valence-corrected chi connectivity index (χ2v) is 2.54. The molecule has 1 aromatic carbocycles. The largest absolute Gasteiger partial charge is 0.288 e. The van der Waals surface area contributed by atoms with Crippen molar-refractivity contribution < 1.29 is 5.21 Å². The summed E-state index contributed by atoms with van der Waals surface area (Å²) < 4.78 is 0. The van der Waals surface area contributed by atoms with Gasteiger partial charge in [-0.15, -0.1) is 12.4 Å². The molecule has 0 saturated carbocycles. The number of rotatable bonds is 0. The average Bonchev–Trinajstić information content (AvgIpc) is 2.06. The fourth-order valence-corrected chi connectivity index (χ4v) is 1.24. The molecule has 0 amide bonds. The predicted molar refractivity (Wildman–Crippen MR) is 51.9 cm³/mol. The van der Waals surface area contributed by atoms with E-state index in [9.17, 15) is 5.21 Å². The summed E-state index contributed by atoms with van der Waals surface area (Å²) in [6, 6.07) is 7.76. The zero-order valence-corrected chi connectivity index (χ0v) is 7.29. The molecule has 0 aliphatic carbocycles. The molecule has 0 fully saturated rings. The van der Waals surface area contributed by atoms with Crippen LogP contribution in [-0.4, -0.2) is 11.8 Å². The summed E-state index contributed by atoms with van der Waals surface area (Å²) in [6.07, 6.45) is 3.95. The van der Waals surface area contributed by atoms with Crippen LogP contribution in [0.1, 0.15) is 5.56 Å². The fraction of sp³-hybridized carbons (Fsp3) is 0.111. The Morgan fingerprint density at radius 1 is 1.25 bits per heavy atom. The number of fused-ring (bicyclic) bond motifs is 1. The molecule has 12 heavy (non-hydrogen) atoms. The number of hydrogen-bond donors (Lipinski definition) is 1. The summed E-state index contributed by atoms with van der Waals surface area (Å²) in [4.78, 5) is 0. The average molecular weight is 184 g/mol. The number of anilines is 1. The molecule has 1 aromatic rings. The van der Waals surface area contributed by atoms with Gasteiger partial charge in [0, 0.05) is 0 Å². The molecule has 64 valence electrons. The maximum absolute atomic E-state index is 9.34. The molecule has 1 heterocycles. The number of para-hydroxylation sites is 1. The van der Waals surface area contributed by atoms with Gasteiger partial charge in [-0.1, -0.05) is 30.4 Å². The van der Waals surface area contributed by atoms with E-state index in [1.807, 2.05) is 36.4 Å². The zero-order chi connectivity index (χ0) is 7.68. The molecule has 1 aliphatic rings. The second-order valence-electron chi connectivity index (χ2n) is 2.54. The summed E-state index contributed by atoms with van der Waals surface area (Å²) in [6.45, 7) is 0.580. The Hall–Kier alpha value is -0.990. The Bertz CT molecular complexity index is 298. The first-order chi connectivity index (χ1) is 5.38. The maximum atomic E-state index is 9.34. The van der Waals surface area contributed by atoms with Gasteiger partial charge >= 0.3 is 0 Å². The minimum Gasteiger partial charge on any atom is -0.288 e. The van der Waals surface area contributed by atoms with Gasteiger partial charge in [-0.2, -0.15) is 0 Å². The van der Waals surface area contributed by atoms with Crippen LogP contribution in [0.15, 0.2) is 30.3 Å². The van der Waals surface area contributed by atoms with Crippen molar-refractivity contribution in [2.45, 2.75) is 0 Å². The molecule has 0 spiro atoms. The highest BCUT2D eigenvalue weighted by atomic mass is 35.5. The first kappa shape index (κ1) is 9.10. The number of benzene rings is 1. The van der Waals surface area contributed by atoms with Crippen molar-refractivity contribution in [2.75, 3.05) is 11.6 Å². The molecule has 0 unspecified atom stereocenters. The Morgan fingerprint density at radius 2 is 2.00 bits per heavy atom. The van der Waals surface area contributed by atoms with Gasteiger partial charge in [0.2, 0.25) is 0 Å². The van der Waals surface area contributed by atoms with Gasteiger partial charge in [-0.3, -0.25) is 10.3 Å². The van der Waals surface area contributed by atoms with Crippen LogP contribution in [0.3, 0.4) is 0 Å². The van der Waals surface area contributed by atoms with Gasteiger partial charge in [0.1, 0.15) is 0 Å². The topological polar surface area (TPSA) is 23.5 Å². The van der Waals surface area contributed by atoms with Gasteiger partial charge in [0.25, 0.3) is 0 Å². The molecule has 0 saturated heterocycles. The molecule has 2 nitrogen and oxygen atoms in total. The van der Waals surface area contributed by atoms with Crippen LogP contribution in [0.2, 0.25) is 0 Å². The first-order valence-corrected chi connectivity index (χ1v) is 3.60. The SMILES string of the molecule is Cl.ON1CC=Cc2ccccc21. The highest BCUT2D eigenvalue weighted by molar-refractivity contribution is 5.85. The Kier molecular flexibility index (Phi) is 2.74. The Balaban J connectivity index is 0.000000720. The van der Waals surface area contributed by atoms with E-state index < -0.39 is 0 Å². The molecular formula is C9H10ClNO. The van der Waals surface area contributed by atoms with Gasteiger partial charge in [-0.05, 0) is 11.6 Å². The minimum atomic E-state index is 0. The zero-order valence-electron chi connectivity index (χ0n) is 6.47. The number of hydrogen-bond acceptors (Lipinski definition) is 2. The highest BCUT2D eigenvalue weighted by Gasteiger charge is 2.08. The van der Waals surface area contributed by atoms with Crippen LogP contribution in [0.25, 0.3) is 6.08 Å². The van der Waals surface area contributed by atoms with Gasteiger partial charge in [0.05, 0.1) is 12.2 Å². The quantitative estimate of drug-likeness (QED) is 0.668. The number of hydroxylamine groups is 1. The van der Waals surface area contributed by atoms with Crippen LogP contribution in [0, 0.1) is 0 Å². The van der Waals surface area contributed by atoms with Crippen molar-refractivity contribution in [3.63, 3.8) is 0 Å². The minimum absolute atomic E-state index is 0. The molecule has 0 bridgehead atoms. The smallest absolute Gasteiger partial charge is 0.0710 e. The Labute approximate surface area is 77.5 Å². The normalized spacial score (nSPS) is 13.6. The fourth-order valence-electron chi connectivity index (χ4n) is 1.24. The van der Waals surface area contributed by atoms with Crippen LogP contribution in [-0.2, 0) is 0 Å². The number of halogens is 1. The van der Waals surface area contributed by atoms with Gasteiger partial charge < -0.3 is 0 Å². The van der Waals surface area contributed by atoms with Crippen molar-refractivity contribution in [3.05, 3.63) is 35.9 Å². The molecule has 2 rings (SSSR count). The lowest BCUT2D eigenvalue weighted by molar-refractivity contribution is 0.265. The van der Waals surface area contributed by atoms with Crippen molar-refractivity contribution in [1.82, 2.24) is 0 Å². The molecule has 0 radical (unpaired) electrons. The second kappa shape index (κ2) is 3.61. The van der Waals surface area contributed by atoms with E-state index in [1.165, 1.54) is 5.06 Å². The van der Waals surface area contributed by atoms with E-state index >= 15 is 0 Å². The van der Waals surface area contributed by atoms with E-state index in [-0.39, 0.29) is 12.4 Å². The molecule has 1 N–H and O–H groups in total. The van der Waals surface area contributed by atoms with E-state index in [1.54, 1.807) is 0 Å². The predicted octanol–water partition coefficient (Wildman–Crippen LogP) is 2.33. The van der Waals surface area contributed by atoms with Crippen LogP contribution >= 0.6 is 12.4 Å². The third kappa shape index (κ3) is 1.44. The van der Waals surface area contributed by atoms with Crippen LogP contribution in [0.5, 0.6) is 0 Å². The first-order valence-electron chi connectivity index (χ1n) is 3.60. The molecule has 0 atom stereocenters. The molecule has 0 aromatic heterocycles. The summed E-state index contributed by atoms with van der Waals surface area (Å²) in [7, 11) is 0. The van der Waals surface area contributed by atoms with Crippen molar-refractivity contribution in [1.29, 1.82) is 0 Å². The Morgan fingerprint density at radius 3 is 2.75 bits per heavy atom. The van der Waals surface area contributed by atoms with Crippen molar-refractivity contribution in [3.8, 4) is 0 Å². The lowest BCUT2D eigenvalue weighted by Gasteiger charge is -2.20. The van der Waals surface area contributed by atoms with Crippen molar-refractivity contribution >= 4 is 24.2 Å².